The van der Waals surface area contributed by atoms with Crippen molar-refractivity contribution in [3.8, 4) is 0 Å². The number of carbonyl (C=O) groups excluding carboxylic acids is 1. The first kappa shape index (κ1) is 20.0. The Morgan fingerprint density at radius 1 is 1.04 bits per heavy atom. The van der Waals surface area contributed by atoms with Crippen molar-refractivity contribution in [2.45, 2.75) is 46.3 Å². The highest BCUT2D eigenvalue weighted by atomic mass is 35.5. The van der Waals surface area contributed by atoms with Gasteiger partial charge in [0.25, 0.3) is 0 Å². The molecule has 0 spiro atoms. The number of benzene rings is 2. The number of hydrogen-bond acceptors (Lipinski definition) is 2. The summed E-state index contributed by atoms with van der Waals surface area (Å²) in [7, 11) is 0. The minimum Gasteiger partial charge on any atom is -0.370 e. The molecule has 0 amide bonds. The van der Waals surface area contributed by atoms with Crippen LogP contribution in [0.2, 0.25) is 5.02 Å². The average Bonchev–Trinajstić information content (AvgIpc) is 2.67. The minimum absolute atomic E-state index is 0.0711. The van der Waals surface area contributed by atoms with Gasteiger partial charge >= 0.3 is 0 Å². The molecule has 5 atom stereocenters. The molecule has 1 heterocycles. The monoisotopic (exact) mass is 388 g/mol. The topological polar surface area (TPSA) is 26.3 Å². The van der Waals surface area contributed by atoms with Crippen LogP contribution in [0.1, 0.15) is 61.7 Å². The maximum atomic E-state index is 13.2. The van der Waals surface area contributed by atoms with Crippen LogP contribution in [0.5, 0.6) is 0 Å². The van der Waals surface area contributed by atoms with Crippen molar-refractivity contribution in [2.24, 2.45) is 17.8 Å². The Labute approximate surface area is 165 Å². The summed E-state index contributed by atoms with van der Waals surface area (Å²) in [5.74, 6) is 0.760. The summed E-state index contributed by atoms with van der Waals surface area (Å²) in [6.45, 7) is 8.87. The minimum atomic E-state index is -0.371. The molecule has 144 valence electrons. The fourth-order valence-electron chi connectivity index (χ4n) is 4.03. The van der Waals surface area contributed by atoms with Crippen molar-refractivity contribution in [1.82, 2.24) is 0 Å². The third-order valence-electron chi connectivity index (χ3n) is 6.12. The van der Waals surface area contributed by atoms with Crippen LogP contribution in [0, 0.1) is 23.6 Å². The van der Waals surface area contributed by atoms with E-state index in [0.29, 0.717) is 33.9 Å². The van der Waals surface area contributed by atoms with Crippen molar-refractivity contribution in [3.05, 3.63) is 70.0 Å². The van der Waals surface area contributed by atoms with Gasteiger partial charge in [-0.3, -0.25) is 4.79 Å². The van der Waals surface area contributed by atoms with E-state index in [2.05, 4.69) is 27.7 Å². The quantitative estimate of drug-likeness (QED) is 0.561. The van der Waals surface area contributed by atoms with Crippen LogP contribution < -0.4 is 0 Å². The number of rotatable bonds is 4. The zero-order chi connectivity index (χ0) is 19.7. The highest BCUT2D eigenvalue weighted by Crippen LogP contribution is 2.44. The standard InChI is InChI=1S/C23H26ClFO2/c1-5-21-14(3)13(2)15(4)23(27-21)17-8-11-20(24)19(12-17)22(26)16-6-9-18(25)10-7-16/h6-15,21,23H,5H2,1-4H3/t13-,14-,15+,21+,23+/m0/s1. The molecule has 0 radical (unpaired) electrons. The molecule has 0 aliphatic carbocycles. The first-order valence-corrected chi connectivity index (χ1v) is 9.96. The first-order valence-electron chi connectivity index (χ1n) is 9.58. The number of halogens is 2. The van der Waals surface area contributed by atoms with E-state index in [0.717, 1.165) is 12.0 Å². The normalized spacial score (nSPS) is 28.1. The van der Waals surface area contributed by atoms with Gasteiger partial charge in [-0.2, -0.15) is 0 Å². The van der Waals surface area contributed by atoms with Gasteiger partial charge in [0.1, 0.15) is 5.82 Å². The second-order valence-corrected chi connectivity index (χ2v) is 8.06. The van der Waals surface area contributed by atoms with Gasteiger partial charge in [0.05, 0.1) is 17.2 Å². The Morgan fingerprint density at radius 2 is 1.70 bits per heavy atom. The molecule has 0 unspecified atom stereocenters. The molecular formula is C23H26ClFO2. The van der Waals surface area contributed by atoms with Crippen molar-refractivity contribution in [2.75, 3.05) is 0 Å². The van der Waals surface area contributed by atoms with Crippen LogP contribution in [-0.2, 0) is 4.74 Å². The van der Waals surface area contributed by atoms with Crippen molar-refractivity contribution in [3.63, 3.8) is 0 Å². The largest absolute Gasteiger partial charge is 0.370 e. The fraction of sp³-hybridized carbons (Fsp3) is 0.435. The molecule has 2 nitrogen and oxygen atoms in total. The van der Waals surface area contributed by atoms with Gasteiger partial charge in [0, 0.05) is 11.1 Å². The number of ether oxygens (including phenoxy) is 1. The molecule has 1 aliphatic rings. The van der Waals surface area contributed by atoms with Gasteiger partial charge in [-0.15, -0.1) is 0 Å². The van der Waals surface area contributed by atoms with Crippen LogP contribution in [-0.4, -0.2) is 11.9 Å². The highest BCUT2D eigenvalue weighted by molar-refractivity contribution is 6.35. The Hall–Kier alpha value is -1.71. The summed E-state index contributed by atoms with van der Waals surface area (Å²) < 4.78 is 19.6. The molecule has 1 aliphatic heterocycles. The van der Waals surface area contributed by atoms with Crippen LogP contribution >= 0.6 is 11.6 Å². The van der Waals surface area contributed by atoms with E-state index < -0.39 is 0 Å². The number of carbonyl (C=O) groups is 1. The maximum absolute atomic E-state index is 13.2. The lowest BCUT2D eigenvalue weighted by Crippen LogP contribution is -2.40. The molecule has 0 N–H and O–H groups in total. The van der Waals surface area contributed by atoms with Gasteiger partial charge in [-0.1, -0.05) is 45.4 Å². The predicted octanol–water partition coefficient (Wildman–Crippen LogP) is 6.47. The lowest BCUT2D eigenvalue weighted by atomic mass is 9.74. The van der Waals surface area contributed by atoms with E-state index in [1.54, 1.807) is 6.07 Å². The second-order valence-electron chi connectivity index (χ2n) is 7.66. The number of ketones is 1. The third kappa shape index (κ3) is 3.95. The predicted molar refractivity (Wildman–Crippen MR) is 107 cm³/mol. The maximum Gasteiger partial charge on any atom is 0.194 e. The Balaban J connectivity index is 1.95. The second kappa shape index (κ2) is 8.12. The van der Waals surface area contributed by atoms with E-state index in [-0.39, 0.29) is 23.8 Å². The Morgan fingerprint density at radius 3 is 2.33 bits per heavy atom. The molecule has 1 saturated heterocycles. The summed E-state index contributed by atoms with van der Waals surface area (Å²) in [5.41, 5.74) is 1.81. The van der Waals surface area contributed by atoms with E-state index in [9.17, 15) is 9.18 Å². The Kier molecular flexibility index (Phi) is 6.02. The zero-order valence-electron chi connectivity index (χ0n) is 16.2. The molecule has 2 aromatic carbocycles. The highest BCUT2D eigenvalue weighted by Gasteiger charge is 2.39. The van der Waals surface area contributed by atoms with Crippen LogP contribution in [0.25, 0.3) is 0 Å². The van der Waals surface area contributed by atoms with E-state index in [1.807, 2.05) is 12.1 Å². The summed E-state index contributed by atoms with van der Waals surface area (Å²) >= 11 is 6.32. The molecule has 3 rings (SSSR count). The lowest BCUT2D eigenvalue weighted by Gasteiger charge is -2.44. The van der Waals surface area contributed by atoms with Gasteiger partial charge in [-0.25, -0.2) is 4.39 Å². The third-order valence-corrected chi connectivity index (χ3v) is 6.45. The molecule has 27 heavy (non-hydrogen) atoms. The molecule has 0 bridgehead atoms. The zero-order valence-corrected chi connectivity index (χ0v) is 17.0. The van der Waals surface area contributed by atoms with Crippen molar-refractivity contribution < 1.29 is 13.9 Å². The molecule has 0 aromatic heterocycles. The molecular weight excluding hydrogens is 363 g/mol. The van der Waals surface area contributed by atoms with E-state index in [1.165, 1.54) is 24.3 Å². The van der Waals surface area contributed by atoms with Crippen LogP contribution in [0.4, 0.5) is 4.39 Å². The van der Waals surface area contributed by atoms with Gasteiger partial charge < -0.3 is 4.74 Å². The SMILES string of the molecule is CC[C@H]1O[C@@H](c2ccc(Cl)c(C(=O)c3ccc(F)cc3)c2)[C@H](C)[C@@H](C)[C@@H]1C. The lowest BCUT2D eigenvalue weighted by molar-refractivity contribution is -0.136. The fourth-order valence-corrected chi connectivity index (χ4v) is 4.23. The van der Waals surface area contributed by atoms with Crippen LogP contribution in [0.3, 0.4) is 0 Å². The summed E-state index contributed by atoms with van der Waals surface area (Å²) in [5, 5.41) is 0.394. The molecule has 1 fully saturated rings. The van der Waals surface area contributed by atoms with Crippen molar-refractivity contribution in [1.29, 1.82) is 0 Å². The number of hydrogen-bond donors (Lipinski definition) is 0. The van der Waals surface area contributed by atoms with Gasteiger partial charge in [0.15, 0.2) is 5.78 Å². The first-order chi connectivity index (χ1) is 12.8. The smallest absolute Gasteiger partial charge is 0.194 e. The summed E-state index contributed by atoms with van der Waals surface area (Å²) in [4.78, 5) is 12.9. The van der Waals surface area contributed by atoms with Gasteiger partial charge in [0.2, 0.25) is 0 Å². The molecule has 4 heteroatoms. The van der Waals surface area contributed by atoms with E-state index in [4.69, 9.17) is 16.3 Å². The molecule has 2 aromatic rings. The average molecular weight is 389 g/mol. The van der Waals surface area contributed by atoms with Crippen LogP contribution in [0.15, 0.2) is 42.5 Å². The van der Waals surface area contributed by atoms with Gasteiger partial charge in [-0.05, 0) is 66.1 Å². The van der Waals surface area contributed by atoms with E-state index >= 15 is 0 Å². The van der Waals surface area contributed by atoms with Crippen molar-refractivity contribution >= 4 is 17.4 Å². The Bertz CT molecular complexity index is 816. The molecule has 0 saturated carbocycles. The summed E-state index contributed by atoms with van der Waals surface area (Å²) in [6, 6.07) is 11.1. The summed E-state index contributed by atoms with van der Waals surface area (Å²) in [6.07, 6.45) is 1.09.